The number of benzene rings is 1. The molecule has 2 aliphatic rings. The van der Waals surface area contributed by atoms with E-state index in [0.29, 0.717) is 40.8 Å². The fourth-order valence-electron chi connectivity index (χ4n) is 4.72. The number of aromatic amines is 1. The van der Waals surface area contributed by atoms with Crippen LogP contribution in [0.4, 0.5) is 11.5 Å². The standard InChI is InChI=1S/C23H27N5O6S/c1-23(2,3)27-11-13-10-14(4-7-18(13)35(27,32)33)25-20-19-16(8-9-24-21(19)29)28(26-20)15-5-6-17(22(30)31)34-12-15/h4,7-10,15,17H,5-6,11-12H2,1-3H3,(H,24,29)(H,25,26)(H,30,31). The highest BCUT2D eigenvalue weighted by molar-refractivity contribution is 7.89. The minimum atomic E-state index is -3.58. The molecule has 5 rings (SSSR count). The Morgan fingerprint density at radius 3 is 2.69 bits per heavy atom. The maximum absolute atomic E-state index is 13.0. The van der Waals surface area contributed by atoms with Gasteiger partial charge in [0.15, 0.2) is 11.9 Å². The summed E-state index contributed by atoms with van der Waals surface area (Å²) in [5, 5.41) is 17.4. The summed E-state index contributed by atoms with van der Waals surface area (Å²) < 4.78 is 34.6. The third-order valence-electron chi connectivity index (χ3n) is 6.46. The third kappa shape index (κ3) is 4.01. The molecule has 0 aliphatic carbocycles. The van der Waals surface area contributed by atoms with Crippen molar-refractivity contribution in [1.82, 2.24) is 19.1 Å². The van der Waals surface area contributed by atoms with Crippen molar-refractivity contribution in [3.05, 3.63) is 46.4 Å². The summed E-state index contributed by atoms with van der Waals surface area (Å²) in [6.45, 7) is 5.99. The molecule has 0 amide bonds. The van der Waals surface area contributed by atoms with Crippen molar-refractivity contribution in [3.63, 3.8) is 0 Å². The number of sulfonamides is 1. The number of ether oxygens (including phenoxy) is 1. The highest BCUT2D eigenvalue weighted by Gasteiger charge is 2.41. The van der Waals surface area contributed by atoms with E-state index in [1.54, 1.807) is 28.9 Å². The van der Waals surface area contributed by atoms with E-state index >= 15 is 0 Å². The van der Waals surface area contributed by atoms with Gasteiger partial charge in [-0.15, -0.1) is 0 Å². The molecular formula is C23H27N5O6S. The number of hydrogen-bond donors (Lipinski definition) is 3. The van der Waals surface area contributed by atoms with Crippen LogP contribution in [0.15, 0.2) is 40.2 Å². The zero-order chi connectivity index (χ0) is 25.1. The average molecular weight is 502 g/mol. The number of pyridine rings is 1. The molecule has 0 saturated carbocycles. The number of carboxylic acids is 1. The Balaban J connectivity index is 1.49. The Bertz CT molecular complexity index is 1480. The largest absolute Gasteiger partial charge is 0.479 e. The fraction of sp³-hybridized carbons (Fsp3) is 0.435. The van der Waals surface area contributed by atoms with Crippen LogP contribution in [-0.4, -0.2) is 56.8 Å². The van der Waals surface area contributed by atoms with Gasteiger partial charge in [0.05, 0.1) is 23.1 Å². The molecule has 4 heterocycles. The molecule has 2 aliphatic heterocycles. The third-order valence-corrected chi connectivity index (χ3v) is 8.67. The van der Waals surface area contributed by atoms with Crippen LogP contribution in [0.2, 0.25) is 0 Å². The lowest BCUT2D eigenvalue weighted by molar-refractivity contribution is -0.154. The van der Waals surface area contributed by atoms with Crippen LogP contribution in [-0.2, 0) is 26.1 Å². The second-order valence-corrected chi connectivity index (χ2v) is 11.7. The molecule has 11 nitrogen and oxygen atoms in total. The SMILES string of the molecule is CC(C)(C)N1Cc2cc(Nc3nn(C4CCC(C(=O)O)OC4)c4cc[nH]c(=O)c34)ccc2S1(=O)=O. The van der Waals surface area contributed by atoms with Gasteiger partial charge in [0.2, 0.25) is 10.0 Å². The van der Waals surface area contributed by atoms with Gasteiger partial charge in [-0.05, 0) is 63.4 Å². The number of aromatic nitrogens is 3. The van der Waals surface area contributed by atoms with Crippen LogP contribution >= 0.6 is 0 Å². The zero-order valence-corrected chi connectivity index (χ0v) is 20.4. The predicted octanol–water partition coefficient (Wildman–Crippen LogP) is 2.58. The Morgan fingerprint density at radius 2 is 2.03 bits per heavy atom. The van der Waals surface area contributed by atoms with Gasteiger partial charge >= 0.3 is 5.97 Å². The highest BCUT2D eigenvalue weighted by atomic mass is 32.2. The molecular weight excluding hydrogens is 474 g/mol. The Hall–Kier alpha value is -3.22. The number of nitrogens with one attached hydrogen (secondary N) is 2. The molecule has 3 aromatic rings. The van der Waals surface area contributed by atoms with Crippen molar-refractivity contribution in [2.24, 2.45) is 0 Å². The van der Waals surface area contributed by atoms with Crippen LogP contribution in [0, 0.1) is 0 Å². The molecule has 1 saturated heterocycles. The first-order valence-electron chi connectivity index (χ1n) is 11.3. The van der Waals surface area contributed by atoms with Crippen LogP contribution in [0.1, 0.15) is 45.2 Å². The average Bonchev–Trinajstić information content (AvgIpc) is 3.29. The molecule has 1 fully saturated rings. The van der Waals surface area contributed by atoms with E-state index in [9.17, 15) is 23.1 Å². The minimum Gasteiger partial charge on any atom is -0.479 e. The fourth-order valence-corrected chi connectivity index (χ4v) is 6.68. The molecule has 35 heavy (non-hydrogen) atoms. The number of nitrogens with zero attached hydrogens (tertiary/aromatic N) is 3. The van der Waals surface area contributed by atoms with Crippen molar-refractivity contribution in [2.45, 2.75) is 62.7 Å². The summed E-state index contributed by atoms with van der Waals surface area (Å²) in [5.41, 5.74) is 0.994. The Labute approximate surface area is 201 Å². The number of carbonyl (C=O) groups is 1. The molecule has 0 bridgehead atoms. The zero-order valence-electron chi connectivity index (χ0n) is 19.6. The van der Waals surface area contributed by atoms with Gasteiger partial charge in [0.25, 0.3) is 5.56 Å². The highest BCUT2D eigenvalue weighted by Crippen LogP contribution is 2.38. The van der Waals surface area contributed by atoms with Gasteiger partial charge in [-0.25, -0.2) is 13.2 Å². The number of hydrogen-bond acceptors (Lipinski definition) is 7. The summed E-state index contributed by atoms with van der Waals surface area (Å²) in [7, 11) is -3.58. The summed E-state index contributed by atoms with van der Waals surface area (Å²) in [5.74, 6) is -0.660. The van der Waals surface area contributed by atoms with Crippen molar-refractivity contribution in [3.8, 4) is 0 Å². The first-order valence-corrected chi connectivity index (χ1v) is 12.8. The van der Waals surface area contributed by atoms with Crippen molar-refractivity contribution >= 4 is 38.4 Å². The van der Waals surface area contributed by atoms with Crippen LogP contribution < -0.4 is 10.9 Å². The van der Waals surface area contributed by atoms with E-state index in [1.807, 2.05) is 20.8 Å². The molecule has 3 N–H and O–H groups in total. The van der Waals surface area contributed by atoms with E-state index in [2.05, 4.69) is 15.4 Å². The predicted molar refractivity (Wildman–Crippen MR) is 128 cm³/mol. The summed E-state index contributed by atoms with van der Waals surface area (Å²) >= 11 is 0. The smallest absolute Gasteiger partial charge is 0.332 e. The second kappa shape index (κ2) is 8.18. The molecule has 1 aromatic carbocycles. The molecule has 2 atom stereocenters. The van der Waals surface area contributed by atoms with E-state index in [1.165, 1.54) is 10.5 Å². The maximum atomic E-state index is 13.0. The first-order chi connectivity index (χ1) is 16.5. The lowest BCUT2D eigenvalue weighted by Crippen LogP contribution is -2.41. The lowest BCUT2D eigenvalue weighted by Gasteiger charge is -2.29. The van der Waals surface area contributed by atoms with Gasteiger partial charge < -0.3 is 20.1 Å². The van der Waals surface area contributed by atoms with Crippen LogP contribution in [0.25, 0.3) is 10.9 Å². The van der Waals surface area contributed by atoms with Crippen LogP contribution in [0.3, 0.4) is 0 Å². The van der Waals surface area contributed by atoms with Gasteiger partial charge in [-0.3, -0.25) is 9.48 Å². The van der Waals surface area contributed by atoms with Crippen LogP contribution in [0.5, 0.6) is 0 Å². The van der Waals surface area contributed by atoms with Gasteiger partial charge in [-0.1, -0.05) is 0 Å². The van der Waals surface area contributed by atoms with Gasteiger partial charge in [-0.2, -0.15) is 9.40 Å². The summed E-state index contributed by atoms with van der Waals surface area (Å²) in [4.78, 5) is 26.9. The monoisotopic (exact) mass is 501 g/mol. The Kier molecular flexibility index (Phi) is 5.49. The van der Waals surface area contributed by atoms with E-state index in [4.69, 9.17) is 4.74 Å². The number of carboxylic acid groups (broad SMARTS) is 1. The van der Waals surface area contributed by atoms with E-state index in [-0.39, 0.29) is 29.6 Å². The Morgan fingerprint density at radius 1 is 1.26 bits per heavy atom. The number of fused-ring (bicyclic) bond motifs is 2. The minimum absolute atomic E-state index is 0.166. The molecule has 186 valence electrons. The lowest BCUT2D eigenvalue weighted by atomic mass is 10.1. The summed E-state index contributed by atoms with van der Waals surface area (Å²) in [6, 6.07) is 6.52. The van der Waals surface area contributed by atoms with Gasteiger partial charge in [0.1, 0.15) is 5.39 Å². The number of H-pyrrole nitrogens is 1. The van der Waals surface area contributed by atoms with Crippen molar-refractivity contribution in [2.75, 3.05) is 11.9 Å². The number of rotatable bonds is 4. The molecule has 0 radical (unpaired) electrons. The normalized spacial score (nSPS) is 22.3. The van der Waals surface area contributed by atoms with Gasteiger partial charge in [0, 0.05) is 24.0 Å². The first kappa shape index (κ1) is 23.5. The quantitative estimate of drug-likeness (QED) is 0.494. The van der Waals surface area contributed by atoms with Crippen molar-refractivity contribution in [1.29, 1.82) is 0 Å². The molecule has 2 aromatic heterocycles. The molecule has 2 unspecified atom stereocenters. The van der Waals surface area contributed by atoms with E-state index in [0.717, 1.165) is 0 Å². The number of aliphatic carboxylic acids is 1. The molecule has 12 heteroatoms. The van der Waals surface area contributed by atoms with E-state index < -0.39 is 27.6 Å². The summed E-state index contributed by atoms with van der Waals surface area (Å²) in [6.07, 6.45) is 1.58. The maximum Gasteiger partial charge on any atom is 0.332 e. The van der Waals surface area contributed by atoms with Crippen molar-refractivity contribution < 1.29 is 23.1 Å². The second-order valence-electron chi connectivity index (χ2n) is 9.88. The topological polar surface area (TPSA) is 147 Å². The number of anilines is 2. The molecule has 0 spiro atoms.